The van der Waals surface area contributed by atoms with Crippen molar-refractivity contribution in [2.75, 3.05) is 13.1 Å². The molecule has 1 atom stereocenters. The topological polar surface area (TPSA) is 73.4 Å². The molecule has 0 aliphatic carbocycles. The summed E-state index contributed by atoms with van der Waals surface area (Å²) in [4.78, 5) is 28.5. The zero-order valence-electron chi connectivity index (χ0n) is 13.1. The van der Waals surface area contributed by atoms with Gasteiger partial charge in [-0.3, -0.25) is 4.79 Å². The van der Waals surface area contributed by atoms with E-state index in [1.807, 2.05) is 30.0 Å². The number of aromatic amines is 1. The molecule has 2 aromatic rings. The Balaban J connectivity index is 1.74. The molecule has 2 N–H and O–H groups in total. The number of nitrogens with zero attached hydrogens (tertiary/aromatic N) is 1. The van der Waals surface area contributed by atoms with Crippen LogP contribution in [0, 0.1) is 6.92 Å². The van der Waals surface area contributed by atoms with E-state index >= 15 is 0 Å². The third kappa shape index (κ3) is 3.13. The monoisotopic (exact) mass is 312 g/mol. The minimum Gasteiger partial charge on any atom is -0.478 e. The lowest BCUT2D eigenvalue weighted by molar-refractivity contribution is 0.0693. The van der Waals surface area contributed by atoms with Crippen molar-refractivity contribution in [3.05, 3.63) is 58.9 Å². The average molecular weight is 312 g/mol. The lowest BCUT2D eigenvalue weighted by Gasteiger charge is -2.33. The van der Waals surface area contributed by atoms with Crippen LogP contribution >= 0.6 is 0 Å². The summed E-state index contributed by atoms with van der Waals surface area (Å²) in [6.07, 6.45) is 3.76. The van der Waals surface area contributed by atoms with Crippen LogP contribution in [0.4, 0.5) is 0 Å². The quantitative estimate of drug-likeness (QED) is 0.915. The third-order valence-electron chi connectivity index (χ3n) is 4.52. The number of piperidine rings is 1. The number of likely N-dealkylation sites (tertiary alicyclic amines) is 1. The number of aromatic carboxylic acids is 1. The van der Waals surface area contributed by atoms with Gasteiger partial charge < -0.3 is 15.0 Å². The summed E-state index contributed by atoms with van der Waals surface area (Å²) in [6.45, 7) is 3.35. The van der Waals surface area contributed by atoms with Gasteiger partial charge in [-0.15, -0.1) is 0 Å². The van der Waals surface area contributed by atoms with Gasteiger partial charge in [0.1, 0.15) is 0 Å². The van der Waals surface area contributed by atoms with Gasteiger partial charge in [-0.25, -0.2) is 4.79 Å². The first-order chi connectivity index (χ1) is 11.1. The number of rotatable bonds is 3. The summed E-state index contributed by atoms with van der Waals surface area (Å²) in [5.41, 5.74) is 3.01. The summed E-state index contributed by atoms with van der Waals surface area (Å²) < 4.78 is 0. The number of hydrogen-bond acceptors (Lipinski definition) is 2. The van der Waals surface area contributed by atoms with Gasteiger partial charge in [0.2, 0.25) is 0 Å². The standard InChI is InChI=1S/C18H20N2O3/c1-12-16(8-9-19-12)17(21)20-10-2-3-15(11-20)13-4-6-14(7-5-13)18(22)23/h4-9,15,19H,2-3,10-11H2,1H3,(H,22,23)/t15-/m1/s1. The van der Waals surface area contributed by atoms with E-state index in [0.29, 0.717) is 12.1 Å². The molecule has 0 saturated carbocycles. The highest BCUT2D eigenvalue weighted by Crippen LogP contribution is 2.28. The second kappa shape index (κ2) is 6.28. The van der Waals surface area contributed by atoms with E-state index in [9.17, 15) is 9.59 Å². The molecule has 1 fully saturated rings. The number of carboxylic acids is 1. The largest absolute Gasteiger partial charge is 0.478 e. The van der Waals surface area contributed by atoms with Gasteiger partial charge in [0, 0.05) is 30.9 Å². The van der Waals surface area contributed by atoms with Crippen LogP contribution in [0.15, 0.2) is 36.5 Å². The lowest BCUT2D eigenvalue weighted by atomic mass is 9.90. The molecule has 23 heavy (non-hydrogen) atoms. The summed E-state index contributed by atoms with van der Waals surface area (Å²) in [5, 5.41) is 8.98. The molecule has 1 amide bonds. The number of aryl methyl sites for hydroxylation is 1. The first kappa shape index (κ1) is 15.3. The molecule has 5 heteroatoms. The zero-order valence-corrected chi connectivity index (χ0v) is 13.1. The van der Waals surface area contributed by atoms with Gasteiger partial charge in [-0.05, 0) is 43.5 Å². The molecule has 5 nitrogen and oxygen atoms in total. The van der Waals surface area contributed by atoms with Crippen molar-refractivity contribution in [1.82, 2.24) is 9.88 Å². The number of carboxylic acid groups (broad SMARTS) is 1. The van der Waals surface area contributed by atoms with Crippen molar-refractivity contribution >= 4 is 11.9 Å². The van der Waals surface area contributed by atoms with Crippen molar-refractivity contribution in [2.24, 2.45) is 0 Å². The number of nitrogens with one attached hydrogen (secondary N) is 1. The lowest BCUT2D eigenvalue weighted by Crippen LogP contribution is -2.39. The van der Waals surface area contributed by atoms with Crippen molar-refractivity contribution < 1.29 is 14.7 Å². The normalized spacial score (nSPS) is 18.0. The van der Waals surface area contributed by atoms with Gasteiger partial charge >= 0.3 is 5.97 Å². The number of H-pyrrole nitrogens is 1. The Labute approximate surface area is 134 Å². The van der Waals surface area contributed by atoms with E-state index in [1.165, 1.54) is 0 Å². The number of carbonyl (C=O) groups excluding carboxylic acids is 1. The molecule has 0 spiro atoms. The maximum absolute atomic E-state index is 12.6. The highest BCUT2D eigenvalue weighted by molar-refractivity contribution is 5.95. The van der Waals surface area contributed by atoms with Crippen molar-refractivity contribution in [3.63, 3.8) is 0 Å². The van der Waals surface area contributed by atoms with E-state index in [0.717, 1.165) is 36.2 Å². The second-order valence-corrected chi connectivity index (χ2v) is 6.03. The van der Waals surface area contributed by atoms with Crippen LogP contribution in [0.25, 0.3) is 0 Å². The SMILES string of the molecule is Cc1[nH]ccc1C(=O)N1CCC[C@@H](c2ccc(C(=O)O)cc2)C1. The maximum atomic E-state index is 12.6. The van der Waals surface area contributed by atoms with Crippen LogP contribution in [0.3, 0.4) is 0 Å². The zero-order chi connectivity index (χ0) is 16.4. The number of carbonyl (C=O) groups is 2. The predicted molar refractivity (Wildman–Crippen MR) is 86.8 cm³/mol. The van der Waals surface area contributed by atoms with Gasteiger partial charge in [-0.1, -0.05) is 12.1 Å². The van der Waals surface area contributed by atoms with E-state index < -0.39 is 5.97 Å². The molecule has 1 aliphatic heterocycles. The van der Waals surface area contributed by atoms with Crippen LogP contribution in [-0.2, 0) is 0 Å². The Morgan fingerprint density at radius 3 is 2.57 bits per heavy atom. The Bertz CT molecular complexity index is 718. The predicted octanol–water partition coefficient (Wildman–Crippen LogP) is 3.04. The fraction of sp³-hybridized carbons (Fsp3) is 0.333. The van der Waals surface area contributed by atoms with Crippen LogP contribution in [0.2, 0.25) is 0 Å². The summed E-state index contributed by atoms with van der Waals surface area (Å²) in [6, 6.07) is 8.82. The molecule has 1 aliphatic rings. The van der Waals surface area contributed by atoms with Gasteiger partial charge in [-0.2, -0.15) is 0 Å². The molecular formula is C18H20N2O3. The van der Waals surface area contributed by atoms with Crippen molar-refractivity contribution in [1.29, 1.82) is 0 Å². The van der Waals surface area contributed by atoms with Crippen LogP contribution in [-0.4, -0.2) is 40.0 Å². The van der Waals surface area contributed by atoms with Gasteiger partial charge in [0.15, 0.2) is 0 Å². The van der Waals surface area contributed by atoms with Gasteiger partial charge in [0.25, 0.3) is 5.91 Å². The first-order valence-electron chi connectivity index (χ1n) is 7.83. The smallest absolute Gasteiger partial charge is 0.335 e. The Hall–Kier alpha value is -2.56. The highest BCUT2D eigenvalue weighted by atomic mass is 16.4. The number of benzene rings is 1. The Morgan fingerprint density at radius 2 is 1.96 bits per heavy atom. The molecule has 3 rings (SSSR count). The third-order valence-corrected chi connectivity index (χ3v) is 4.52. The molecular weight excluding hydrogens is 292 g/mol. The van der Waals surface area contributed by atoms with Crippen LogP contribution in [0.1, 0.15) is 50.7 Å². The molecule has 2 heterocycles. The minimum absolute atomic E-state index is 0.0654. The number of aromatic nitrogens is 1. The summed E-state index contributed by atoms with van der Waals surface area (Å²) in [5.74, 6) is -0.592. The molecule has 1 aromatic carbocycles. The summed E-state index contributed by atoms with van der Waals surface area (Å²) in [7, 11) is 0. The maximum Gasteiger partial charge on any atom is 0.335 e. The first-order valence-corrected chi connectivity index (χ1v) is 7.83. The minimum atomic E-state index is -0.917. The Kier molecular flexibility index (Phi) is 4.19. The van der Waals surface area contributed by atoms with Crippen molar-refractivity contribution in [3.8, 4) is 0 Å². The van der Waals surface area contributed by atoms with E-state index in [-0.39, 0.29) is 11.8 Å². The van der Waals surface area contributed by atoms with Crippen LogP contribution < -0.4 is 0 Å². The number of amides is 1. The molecule has 0 unspecified atom stereocenters. The molecule has 1 aromatic heterocycles. The van der Waals surface area contributed by atoms with E-state index in [1.54, 1.807) is 18.3 Å². The van der Waals surface area contributed by atoms with E-state index in [2.05, 4.69) is 4.98 Å². The average Bonchev–Trinajstić information content (AvgIpc) is 3.00. The molecule has 0 radical (unpaired) electrons. The Morgan fingerprint density at radius 1 is 1.22 bits per heavy atom. The van der Waals surface area contributed by atoms with Crippen LogP contribution in [0.5, 0.6) is 0 Å². The fourth-order valence-electron chi connectivity index (χ4n) is 3.19. The number of hydrogen-bond donors (Lipinski definition) is 2. The fourth-order valence-corrected chi connectivity index (χ4v) is 3.19. The molecule has 1 saturated heterocycles. The second-order valence-electron chi connectivity index (χ2n) is 6.03. The van der Waals surface area contributed by atoms with Gasteiger partial charge in [0.05, 0.1) is 11.1 Å². The molecule has 0 bridgehead atoms. The van der Waals surface area contributed by atoms with E-state index in [4.69, 9.17) is 5.11 Å². The molecule has 120 valence electrons. The van der Waals surface area contributed by atoms with Crippen molar-refractivity contribution in [2.45, 2.75) is 25.7 Å². The summed E-state index contributed by atoms with van der Waals surface area (Å²) >= 11 is 0. The highest BCUT2D eigenvalue weighted by Gasteiger charge is 2.26.